The average Bonchev–Trinajstić information content (AvgIpc) is 2.98. The van der Waals surface area contributed by atoms with Crippen molar-refractivity contribution < 1.29 is 22.7 Å². The first kappa shape index (κ1) is 17.9. The van der Waals surface area contributed by atoms with Gasteiger partial charge in [0.15, 0.2) is 0 Å². The van der Waals surface area contributed by atoms with Crippen LogP contribution in [-0.4, -0.2) is 19.1 Å². The summed E-state index contributed by atoms with van der Waals surface area (Å²) in [6.45, 7) is -0.383. The van der Waals surface area contributed by atoms with Gasteiger partial charge < -0.3 is 14.5 Å². The summed E-state index contributed by atoms with van der Waals surface area (Å²) >= 11 is 0. The second-order valence-corrected chi connectivity index (χ2v) is 6.06. The maximum atomic E-state index is 12.1. The highest BCUT2D eigenvalue weighted by molar-refractivity contribution is 5.87. The van der Waals surface area contributed by atoms with Crippen molar-refractivity contribution in [2.75, 3.05) is 6.54 Å². The largest absolute Gasteiger partial charge is 0.464 e. The quantitative estimate of drug-likeness (QED) is 0.686. The minimum absolute atomic E-state index is 0.0917. The number of furan rings is 1. The summed E-state index contributed by atoms with van der Waals surface area (Å²) in [5.74, 6) is 0.0285. The average molecular weight is 359 g/mol. The number of hydrogen-bond acceptors (Lipinski definition) is 3. The van der Waals surface area contributed by atoms with Crippen molar-refractivity contribution in [3.05, 3.63) is 65.4 Å². The molecular formula is C20H19F2NO3. The van der Waals surface area contributed by atoms with Gasteiger partial charge in [-0.25, -0.2) is 0 Å². The molecule has 136 valence electrons. The molecule has 6 heteroatoms. The Morgan fingerprint density at radius 3 is 2.69 bits per heavy atom. The fourth-order valence-corrected chi connectivity index (χ4v) is 2.75. The molecular weight excluding hydrogens is 340 g/mol. The summed E-state index contributed by atoms with van der Waals surface area (Å²) in [6.07, 6.45) is 2.47. The van der Waals surface area contributed by atoms with Gasteiger partial charge in [0.05, 0.1) is 12.7 Å². The van der Waals surface area contributed by atoms with Gasteiger partial charge in [-0.05, 0) is 42.7 Å². The highest BCUT2D eigenvalue weighted by Crippen LogP contribution is 2.22. The van der Waals surface area contributed by atoms with Crippen LogP contribution < -0.4 is 10.1 Å². The molecule has 0 aliphatic rings. The number of alkyl halides is 2. The number of ether oxygens (including phenoxy) is 1. The van der Waals surface area contributed by atoms with E-state index < -0.39 is 6.61 Å². The second-order valence-electron chi connectivity index (χ2n) is 6.06. The Balaban J connectivity index is 1.49. The normalized spacial score (nSPS) is 11.1. The lowest BCUT2D eigenvalue weighted by Gasteiger charge is -2.07. The molecule has 0 bridgehead atoms. The second kappa shape index (κ2) is 7.99. The van der Waals surface area contributed by atoms with E-state index in [2.05, 4.69) is 10.1 Å². The van der Waals surface area contributed by atoms with Crippen molar-refractivity contribution >= 4 is 16.9 Å². The van der Waals surface area contributed by atoms with Crippen LogP contribution in [0.2, 0.25) is 0 Å². The highest BCUT2D eigenvalue weighted by atomic mass is 19.3. The number of rotatable bonds is 7. The van der Waals surface area contributed by atoms with Gasteiger partial charge in [-0.1, -0.05) is 24.3 Å². The molecule has 0 aliphatic heterocycles. The van der Waals surface area contributed by atoms with Crippen LogP contribution in [0.15, 0.2) is 53.1 Å². The van der Waals surface area contributed by atoms with Gasteiger partial charge in [0.25, 0.3) is 0 Å². The Morgan fingerprint density at radius 1 is 1.19 bits per heavy atom. The first-order valence-corrected chi connectivity index (χ1v) is 8.28. The van der Waals surface area contributed by atoms with Crippen molar-refractivity contribution in [3.63, 3.8) is 0 Å². The molecule has 0 unspecified atom stereocenters. The zero-order chi connectivity index (χ0) is 18.5. The minimum Gasteiger partial charge on any atom is -0.464 e. The van der Waals surface area contributed by atoms with E-state index in [1.165, 1.54) is 12.1 Å². The molecule has 0 radical (unpaired) electrons. The number of nitrogens with one attached hydrogen (secondary N) is 1. The molecule has 1 N–H and O–H groups in total. The molecule has 1 heterocycles. The maximum absolute atomic E-state index is 12.1. The molecule has 0 atom stereocenters. The molecule has 0 saturated carbocycles. The van der Waals surface area contributed by atoms with E-state index in [1.54, 1.807) is 18.4 Å². The Morgan fingerprint density at radius 2 is 1.96 bits per heavy atom. The van der Waals surface area contributed by atoms with Gasteiger partial charge >= 0.3 is 6.61 Å². The number of aryl methyl sites for hydroxylation is 1. The van der Waals surface area contributed by atoms with Crippen LogP contribution >= 0.6 is 0 Å². The van der Waals surface area contributed by atoms with Crippen molar-refractivity contribution in [2.24, 2.45) is 0 Å². The van der Waals surface area contributed by atoms with Crippen LogP contribution in [0.25, 0.3) is 11.0 Å². The van der Waals surface area contributed by atoms with Gasteiger partial charge in [0.1, 0.15) is 11.3 Å². The number of amides is 1. The number of halogens is 2. The minimum atomic E-state index is -2.83. The number of carbonyl (C=O) groups excluding carboxylic acids is 1. The van der Waals surface area contributed by atoms with Crippen LogP contribution in [-0.2, 0) is 17.6 Å². The molecule has 4 nitrogen and oxygen atoms in total. The van der Waals surface area contributed by atoms with E-state index in [-0.39, 0.29) is 18.1 Å². The topological polar surface area (TPSA) is 51.5 Å². The summed E-state index contributed by atoms with van der Waals surface area (Å²) in [4.78, 5) is 12.1. The van der Waals surface area contributed by atoms with E-state index in [0.29, 0.717) is 13.0 Å². The van der Waals surface area contributed by atoms with Gasteiger partial charge in [-0.15, -0.1) is 0 Å². The monoisotopic (exact) mass is 359 g/mol. The lowest BCUT2D eigenvalue weighted by Crippen LogP contribution is -2.27. The van der Waals surface area contributed by atoms with Crippen LogP contribution in [0.3, 0.4) is 0 Å². The molecule has 1 amide bonds. The van der Waals surface area contributed by atoms with Crippen molar-refractivity contribution in [2.45, 2.75) is 26.4 Å². The summed E-state index contributed by atoms with van der Waals surface area (Å²) in [5.41, 5.74) is 3.66. The van der Waals surface area contributed by atoms with E-state index in [1.807, 2.05) is 25.1 Å². The Bertz CT molecular complexity index is 888. The zero-order valence-corrected chi connectivity index (χ0v) is 14.3. The lowest BCUT2D eigenvalue weighted by atomic mass is 10.1. The Kier molecular flexibility index (Phi) is 5.51. The molecule has 0 aliphatic carbocycles. The summed E-state index contributed by atoms with van der Waals surface area (Å²) in [6, 6.07) is 12.3. The molecule has 3 rings (SSSR count). The fourth-order valence-electron chi connectivity index (χ4n) is 2.75. The molecule has 0 spiro atoms. The van der Waals surface area contributed by atoms with Gasteiger partial charge in [0, 0.05) is 17.5 Å². The van der Waals surface area contributed by atoms with E-state index in [4.69, 9.17) is 4.42 Å². The smallest absolute Gasteiger partial charge is 0.387 e. The van der Waals surface area contributed by atoms with Crippen molar-refractivity contribution in [3.8, 4) is 5.75 Å². The number of benzene rings is 2. The fraction of sp³-hybridized carbons (Fsp3) is 0.250. The number of fused-ring (bicyclic) bond motifs is 1. The first-order valence-electron chi connectivity index (χ1n) is 8.28. The third-order valence-corrected chi connectivity index (χ3v) is 4.05. The predicted octanol–water partition coefficient (Wildman–Crippen LogP) is 4.24. The number of hydrogen-bond donors (Lipinski definition) is 1. The predicted molar refractivity (Wildman–Crippen MR) is 94.4 cm³/mol. The molecule has 3 aromatic rings. The molecule has 0 saturated heterocycles. The third-order valence-electron chi connectivity index (χ3n) is 4.05. The zero-order valence-electron chi connectivity index (χ0n) is 14.3. The number of carbonyl (C=O) groups is 1. The third kappa shape index (κ3) is 4.59. The highest BCUT2D eigenvalue weighted by Gasteiger charge is 2.10. The summed E-state index contributed by atoms with van der Waals surface area (Å²) in [7, 11) is 0. The van der Waals surface area contributed by atoms with E-state index in [9.17, 15) is 13.6 Å². The maximum Gasteiger partial charge on any atom is 0.387 e. The first-order chi connectivity index (χ1) is 12.5. The van der Waals surface area contributed by atoms with E-state index in [0.717, 1.165) is 27.7 Å². The van der Waals surface area contributed by atoms with Crippen molar-refractivity contribution in [1.82, 2.24) is 5.32 Å². The standard InChI is InChI=1S/C20H19F2NO3/c1-13-2-7-17-15(12-25-18(17)10-13)11-19(24)23-9-8-14-3-5-16(6-4-14)26-20(21)22/h2-7,10,12,20H,8-9,11H2,1H3,(H,23,24). The van der Waals surface area contributed by atoms with Crippen LogP contribution in [0.4, 0.5) is 8.78 Å². The summed E-state index contributed by atoms with van der Waals surface area (Å²) in [5, 5.41) is 3.81. The summed E-state index contributed by atoms with van der Waals surface area (Å²) < 4.78 is 34.0. The lowest BCUT2D eigenvalue weighted by molar-refractivity contribution is -0.120. The van der Waals surface area contributed by atoms with Gasteiger partial charge in [0.2, 0.25) is 5.91 Å². The van der Waals surface area contributed by atoms with Crippen LogP contribution in [0.5, 0.6) is 5.75 Å². The van der Waals surface area contributed by atoms with E-state index >= 15 is 0 Å². The molecule has 26 heavy (non-hydrogen) atoms. The molecule has 0 fully saturated rings. The van der Waals surface area contributed by atoms with Gasteiger partial charge in [-0.2, -0.15) is 8.78 Å². The molecule has 2 aromatic carbocycles. The van der Waals surface area contributed by atoms with Crippen LogP contribution in [0, 0.1) is 6.92 Å². The van der Waals surface area contributed by atoms with Gasteiger partial charge in [-0.3, -0.25) is 4.79 Å². The Labute approximate surface area is 149 Å². The SMILES string of the molecule is Cc1ccc2c(CC(=O)NCCc3ccc(OC(F)F)cc3)coc2c1. The Hall–Kier alpha value is -2.89. The molecule has 1 aromatic heterocycles. The van der Waals surface area contributed by atoms with Crippen molar-refractivity contribution in [1.29, 1.82) is 0 Å². The van der Waals surface area contributed by atoms with Crippen LogP contribution in [0.1, 0.15) is 16.7 Å².